The van der Waals surface area contributed by atoms with E-state index in [0.717, 1.165) is 22.5 Å². The molecule has 1 aromatic carbocycles. The van der Waals surface area contributed by atoms with E-state index in [1.165, 1.54) is 0 Å². The molecule has 9 heteroatoms. The summed E-state index contributed by atoms with van der Waals surface area (Å²) in [5.41, 5.74) is 4.99. The fourth-order valence-corrected chi connectivity index (χ4v) is 3.26. The molecule has 3 heterocycles. The molecule has 0 radical (unpaired) electrons. The number of benzene rings is 1. The first-order valence-corrected chi connectivity index (χ1v) is 10.6. The molecule has 9 nitrogen and oxygen atoms in total. The lowest BCUT2D eigenvalue weighted by Gasteiger charge is -2.18. The van der Waals surface area contributed by atoms with E-state index in [2.05, 4.69) is 35.8 Å². The molecule has 1 N–H and O–H groups in total. The Balaban J connectivity index is 1.73. The van der Waals surface area contributed by atoms with E-state index in [1.54, 1.807) is 29.3 Å². The molecule has 0 aliphatic rings. The number of aryl methyl sites for hydroxylation is 2. The molecular weight excluding hydrogens is 416 g/mol. The lowest BCUT2D eigenvalue weighted by molar-refractivity contribution is 0.0950. The largest absolute Gasteiger partial charge is 0.346 e. The summed E-state index contributed by atoms with van der Waals surface area (Å²) < 4.78 is 1.67. The van der Waals surface area contributed by atoms with Crippen LogP contribution in [0.4, 0.5) is 0 Å². The van der Waals surface area contributed by atoms with Crippen LogP contribution >= 0.6 is 0 Å². The predicted molar refractivity (Wildman–Crippen MR) is 124 cm³/mol. The van der Waals surface area contributed by atoms with E-state index >= 15 is 0 Å². The minimum Gasteiger partial charge on any atom is -0.346 e. The molecule has 0 aliphatic heterocycles. The third-order valence-electron chi connectivity index (χ3n) is 5.04. The summed E-state index contributed by atoms with van der Waals surface area (Å²) in [7, 11) is 0. The van der Waals surface area contributed by atoms with Gasteiger partial charge in [-0.1, -0.05) is 26.8 Å². The van der Waals surface area contributed by atoms with Gasteiger partial charge in [0.05, 0.1) is 35.5 Å². The highest BCUT2D eigenvalue weighted by Crippen LogP contribution is 2.26. The van der Waals surface area contributed by atoms with Crippen LogP contribution in [0.15, 0.2) is 48.9 Å². The molecule has 3 aromatic heterocycles. The SMILES string of the molecule is Cc1ccc(-c2cc(C(=O)NCc3cnc(C)cn3)cc(-n3nnnc3C(C)(C)C)c2)nc1. The number of tetrazole rings is 1. The Kier molecular flexibility index (Phi) is 5.95. The van der Waals surface area contributed by atoms with E-state index in [1.807, 2.05) is 58.9 Å². The van der Waals surface area contributed by atoms with Crippen molar-refractivity contribution in [3.05, 3.63) is 77.3 Å². The molecule has 0 unspecified atom stereocenters. The maximum atomic E-state index is 13.1. The molecule has 4 aromatic rings. The lowest BCUT2D eigenvalue weighted by atomic mass is 9.95. The Bertz CT molecular complexity index is 1270. The molecule has 0 bridgehead atoms. The number of amides is 1. The van der Waals surface area contributed by atoms with Gasteiger partial charge in [-0.3, -0.25) is 19.7 Å². The Morgan fingerprint density at radius 1 is 1.00 bits per heavy atom. The minimum atomic E-state index is -0.284. The second kappa shape index (κ2) is 8.85. The number of rotatable bonds is 5. The summed E-state index contributed by atoms with van der Waals surface area (Å²) in [6.07, 6.45) is 5.13. The monoisotopic (exact) mass is 442 g/mol. The molecule has 0 atom stereocenters. The Hall–Kier alpha value is -4.01. The van der Waals surface area contributed by atoms with Gasteiger partial charge in [0, 0.05) is 28.9 Å². The fourth-order valence-electron chi connectivity index (χ4n) is 3.26. The van der Waals surface area contributed by atoms with E-state index < -0.39 is 0 Å². The van der Waals surface area contributed by atoms with Gasteiger partial charge in [-0.25, -0.2) is 0 Å². The Morgan fingerprint density at radius 3 is 2.48 bits per heavy atom. The number of aromatic nitrogens is 7. The van der Waals surface area contributed by atoms with Crippen LogP contribution < -0.4 is 5.32 Å². The van der Waals surface area contributed by atoms with Gasteiger partial charge in [0.1, 0.15) is 0 Å². The average Bonchev–Trinajstić information content (AvgIpc) is 3.29. The second-order valence-corrected chi connectivity index (χ2v) is 8.99. The van der Waals surface area contributed by atoms with Crippen LogP contribution in [-0.4, -0.2) is 41.1 Å². The van der Waals surface area contributed by atoms with E-state index in [0.29, 0.717) is 22.8 Å². The maximum absolute atomic E-state index is 13.1. The van der Waals surface area contributed by atoms with Gasteiger partial charge in [-0.15, -0.1) is 5.10 Å². The first-order valence-electron chi connectivity index (χ1n) is 10.6. The smallest absolute Gasteiger partial charge is 0.251 e. The third-order valence-corrected chi connectivity index (χ3v) is 5.04. The molecule has 0 spiro atoms. The number of nitrogens with one attached hydrogen (secondary N) is 1. The summed E-state index contributed by atoms with van der Waals surface area (Å²) in [5, 5.41) is 15.2. The molecule has 0 aliphatic carbocycles. The first-order chi connectivity index (χ1) is 15.7. The van der Waals surface area contributed by atoms with Crippen LogP contribution in [0.3, 0.4) is 0 Å². The van der Waals surface area contributed by atoms with Crippen LogP contribution in [0.1, 0.15) is 53.9 Å². The van der Waals surface area contributed by atoms with E-state index in [-0.39, 0.29) is 17.9 Å². The quantitative estimate of drug-likeness (QED) is 0.504. The number of hydrogen-bond donors (Lipinski definition) is 1. The van der Waals surface area contributed by atoms with Gasteiger partial charge in [0.15, 0.2) is 5.82 Å². The lowest BCUT2D eigenvalue weighted by Crippen LogP contribution is -2.24. The molecule has 0 saturated carbocycles. The highest BCUT2D eigenvalue weighted by molar-refractivity contribution is 5.96. The number of carbonyl (C=O) groups is 1. The van der Waals surface area contributed by atoms with Gasteiger partial charge in [-0.2, -0.15) is 4.68 Å². The summed E-state index contributed by atoms with van der Waals surface area (Å²) in [6, 6.07) is 9.45. The second-order valence-electron chi connectivity index (χ2n) is 8.99. The van der Waals surface area contributed by atoms with Crippen molar-refractivity contribution in [2.45, 2.75) is 46.6 Å². The summed E-state index contributed by atoms with van der Waals surface area (Å²) in [6.45, 7) is 10.2. The molecule has 1 amide bonds. The van der Waals surface area contributed by atoms with E-state index in [9.17, 15) is 4.79 Å². The van der Waals surface area contributed by atoms with Crippen molar-refractivity contribution in [2.75, 3.05) is 0 Å². The first kappa shape index (κ1) is 22.2. The summed E-state index contributed by atoms with van der Waals surface area (Å²) >= 11 is 0. The Morgan fingerprint density at radius 2 is 1.82 bits per heavy atom. The number of carbonyl (C=O) groups excluding carboxylic acids is 1. The van der Waals surface area contributed by atoms with Crippen LogP contribution in [0, 0.1) is 13.8 Å². The van der Waals surface area contributed by atoms with E-state index in [4.69, 9.17) is 0 Å². The van der Waals surface area contributed by atoms with Gasteiger partial charge in [0.2, 0.25) is 0 Å². The molecule has 168 valence electrons. The van der Waals surface area contributed by atoms with Crippen molar-refractivity contribution >= 4 is 5.91 Å². The number of nitrogens with zero attached hydrogens (tertiary/aromatic N) is 7. The highest BCUT2D eigenvalue weighted by Gasteiger charge is 2.24. The van der Waals surface area contributed by atoms with Crippen molar-refractivity contribution in [2.24, 2.45) is 0 Å². The van der Waals surface area contributed by atoms with Crippen molar-refractivity contribution < 1.29 is 4.79 Å². The van der Waals surface area contributed by atoms with Crippen LogP contribution in [0.5, 0.6) is 0 Å². The molecule has 0 saturated heterocycles. The fraction of sp³-hybridized carbons (Fsp3) is 0.292. The Labute approximate surface area is 192 Å². The minimum absolute atomic E-state index is 0.238. The van der Waals surface area contributed by atoms with Crippen LogP contribution in [0.25, 0.3) is 16.9 Å². The molecule has 4 rings (SSSR count). The predicted octanol–water partition coefficient (Wildman–Crippen LogP) is 3.36. The van der Waals surface area contributed by atoms with Crippen molar-refractivity contribution in [1.82, 2.24) is 40.5 Å². The highest BCUT2D eigenvalue weighted by atomic mass is 16.1. The number of hydrogen-bond acceptors (Lipinski definition) is 7. The topological polar surface area (TPSA) is 111 Å². The van der Waals surface area contributed by atoms with Crippen LogP contribution in [-0.2, 0) is 12.0 Å². The van der Waals surface area contributed by atoms with Crippen molar-refractivity contribution in [3.8, 4) is 16.9 Å². The van der Waals surface area contributed by atoms with Gasteiger partial charge < -0.3 is 5.32 Å². The zero-order chi connectivity index (χ0) is 23.6. The molecule has 33 heavy (non-hydrogen) atoms. The van der Waals surface area contributed by atoms with Gasteiger partial charge in [-0.05, 0) is 54.1 Å². The molecular formula is C24H26N8O. The van der Waals surface area contributed by atoms with Crippen molar-refractivity contribution in [1.29, 1.82) is 0 Å². The summed E-state index contributed by atoms with van der Waals surface area (Å²) in [4.78, 5) is 26.1. The standard InChI is InChI=1S/C24H26N8O/c1-15-6-7-21(27-11-15)17-8-18(22(33)28-14-19-13-25-16(2)12-26-19)10-20(9-17)32-23(24(3,4)5)29-30-31-32/h6-13H,14H2,1-5H3,(H,28,33). The third kappa shape index (κ3) is 5.08. The van der Waals surface area contributed by atoms with Crippen LogP contribution in [0.2, 0.25) is 0 Å². The zero-order valence-electron chi connectivity index (χ0n) is 19.4. The van der Waals surface area contributed by atoms with Gasteiger partial charge in [0.25, 0.3) is 5.91 Å². The maximum Gasteiger partial charge on any atom is 0.251 e. The zero-order valence-corrected chi connectivity index (χ0v) is 19.4. The average molecular weight is 443 g/mol. The molecule has 0 fully saturated rings. The number of pyridine rings is 1. The van der Waals surface area contributed by atoms with Gasteiger partial charge >= 0.3 is 0 Å². The van der Waals surface area contributed by atoms with Crippen molar-refractivity contribution in [3.63, 3.8) is 0 Å². The summed E-state index contributed by atoms with van der Waals surface area (Å²) in [5.74, 6) is 0.454. The normalized spacial score (nSPS) is 11.4.